The Hall–Kier alpha value is -1.01. The Morgan fingerprint density at radius 3 is 2.79 bits per heavy atom. The van der Waals surface area contributed by atoms with Gasteiger partial charge in [-0.05, 0) is 20.8 Å². The van der Waals surface area contributed by atoms with Crippen LogP contribution >= 0.6 is 11.6 Å². The Balaban J connectivity index is 2.58. The summed E-state index contributed by atoms with van der Waals surface area (Å²) in [6.45, 7) is 5.35. The van der Waals surface area contributed by atoms with E-state index in [9.17, 15) is 4.79 Å². The molecular weight excluding hydrogens is 208 g/mol. The molecule has 0 aromatic carbocycles. The number of nitrogens with zero attached hydrogens (tertiary/aromatic N) is 2. The number of halogens is 1. The van der Waals surface area contributed by atoms with Crippen LogP contribution in [0.2, 0.25) is 0 Å². The van der Waals surface area contributed by atoms with Crippen molar-refractivity contribution >= 4 is 23.5 Å². The summed E-state index contributed by atoms with van der Waals surface area (Å²) in [7, 11) is 0. The molecule has 1 heterocycles. The van der Waals surface area contributed by atoms with E-state index in [-0.39, 0.29) is 5.88 Å². The Morgan fingerprint density at radius 1 is 1.64 bits per heavy atom. The predicted molar refractivity (Wildman–Crippen MR) is 52.5 cm³/mol. The first-order valence-electron chi connectivity index (χ1n) is 4.10. The topological polar surface area (TPSA) is 66.0 Å². The Labute approximate surface area is 87.2 Å². The number of ether oxygens (including phenoxy) is 1. The van der Waals surface area contributed by atoms with Gasteiger partial charge in [-0.2, -0.15) is 5.01 Å². The number of amidine groups is 1. The molecule has 2 N–H and O–H groups in total. The number of hydrazone groups is 1. The summed E-state index contributed by atoms with van der Waals surface area (Å²) in [5.74, 6) is 0.500. The van der Waals surface area contributed by atoms with Crippen molar-refractivity contribution in [3.05, 3.63) is 0 Å². The molecule has 0 spiro atoms. The number of hydrogen-bond donors (Lipinski definition) is 2. The summed E-state index contributed by atoms with van der Waals surface area (Å²) in [6, 6.07) is 0. The van der Waals surface area contributed by atoms with Gasteiger partial charge in [0.05, 0.1) is 5.88 Å². The van der Waals surface area contributed by atoms with Crippen LogP contribution in [-0.2, 0) is 4.74 Å². The highest BCUT2D eigenvalue weighted by molar-refractivity contribution is 6.29. The average Bonchev–Trinajstić information content (AvgIpc) is 2.47. The van der Waals surface area contributed by atoms with E-state index in [2.05, 4.69) is 16.2 Å². The van der Waals surface area contributed by atoms with E-state index in [1.807, 2.05) is 0 Å². The van der Waals surface area contributed by atoms with Crippen molar-refractivity contribution in [3.8, 4) is 0 Å². The second-order valence-electron chi connectivity index (χ2n) is 3.70. The van der Waals surface area contributed by atoms with E-state index >= 15 is 0 Å². The zero-order chi connectivity index (χ0) is 10.8. The number of alkyl halides is 1. The summed E-state index contributed by atoms with van der Waals surface area (Å²) >= 11 is 5.56. The molecule has 14 heavy (non-hydrogen) atoms. The first-order chi connectivity index (χ1) is 6.44. The van der Waals surface area contributed by atoms with Gasteiger partial charge in [0.25, 0.3) is 0 Å². The maximum Gasteiger partial charge on any atom is 0.432 e. The van der Waals surface area contributed by atoms with Crippen molar-refractivity contribution < 1.29 is 9.53 Å². The van der Waals surface area contributed by atoms with Gasteiger partial charge in [0.2, 0.25) is 0 Å². The third-order valence-electron chi connectivity index (χ3n) is 1.30. The minimum Gasteiger partial charge on any atom is -0.442 e. The summed E-state index contributed by atoms with van der Waals surface area (Å²) in [4.78, 5) is 11.5. The highest BCUT2D eigenvalue weighted by Crippen LogP contribution is 2.10. The fourth-order valence-corrected chi connectivity index (χ4v) is 0.982. The molecule has 1 rings (SSSR count). The van der Waals surface area contributed by atoms with Crippen LogP contribution < -0.4 is 11.1 Å². The molecular formula is C7H13ClN4O2. The number of carbonyl (C=O) groups excluding carboxylic acids is 1. The first kappa shape index (κ1) is 11.1. The van der Waals surface area contributed by atoms with Crippen LogP contribution in [0.1, 0.15) is 20.8 Å². The second kappa shape index (κ2) is 4.02. The van der Waals surface area contributed by atoms with Crippen LogP contribution in [0.4, 0.5) is 4.79 Å². The average molecular weight is 221 g/mol. The molecule has 0 saturated carbocycles. The molecule has 0 unspecified atom stereocenters. The minimum absolute atomic E-state index is 0.124. The number of carbonyl (C=O) groups is 1. The molecule has 1 aliphatic heterocycles. The van der Waals surface area contributed by atoms with Crippen molar-refractivity contribution in [1.82, 2.24) is 16.1 Å². The smallest absolute Gasteiger partial charge is 0.432 e. The van der Waals surface area contributed by atoms with Gasteiger partial charge in [0.1, 0.15) is 5.60 Å². The number of rotatable bonds is 1. The maximum atomic E-state index is 11.5. The lowest BCUT2D eigenvalue weighted by molar-refractivity contribution is 0.0294. The fraction of sp³-hybridized carbons (Fsp3) is 0.714. The van der Waals surface area contributed by atoms with Gasteiger partial charge in [-0.3, -0.25) is 0 Å². The quantitative estimate of drug-likeness (QED) is 0.642. The Morgan fingerprint density at radius 2 is 2.29 bits per heavy atom. The molecule has 1 aliphatic rings. The highest BCUT2D eigenvalue weighted by Gasteiger charge is 2.28. The normalized spacial score (nSPS) is 16.3. The van der Waals surface area contributed by atoms with E-state index in [1.165, 1.54) is 0 Å². The van der Waals surface area contributed by atoms with Gasteiger partial charge in [0.15, 0.2) is 5.84 Å². The van der Waals surface area contributed by atoms with E-state index in [4.69, 9.17) is 16.3 Å². The molecule has 80 valence electrons. The van der Waals surface area contributed by atoms with Crippen LogP contribution in [0.25, 0.3) is 0 Å². The number of hydrogen-bond acceptors (Lipinski definition) is 5. The van der Waals surface area contributed by atoms with Gasteiger partial charge in [-0.1, -0.05) is 0 Å². The number of amides is 1. The van der Waals surface area contributed by atoms with Gasteiger partial charge in [0, 0.05) is 0 Å². The van der Waals surface area contributed by atoms with Crippen molar-refractivity contribution in [3.63, 3.8) is 0 Å². The van der Waals surface area contributed by atoms with Crippen LogP contribution in [0.15, 0.2) is 5.10 Å². The van der Waals surface area contributed by atoms with E-state index in [0.29, 0.717) is 5.84 Å². The summed E-state index contributed by atoms with van der Waals surface area (Å²) in [5.41, 5.74) is 4.38. The molecule has 0 aromatic heterocycles. The van der Waals surface area contributed by atoms with Gasteiger partial charge < -0.3 is 4.74 Å². The Bertz CT molecular complexity index is 261. The molecule has 0 saturated heterocycles. The first-order valence-corrected chi connectivity index (χ1v) is 4.64. The van der Waals surface area contributed by atoms with Crippen LogP contribution in [0.5, 0.6) is 0 Å². The van der Waals surface area contributed by atoms with Crippen molar-refractivity contribution in [1.29, 1.82) is 0 Å². The zero-order valence-electron chi connectivity index (χ0n) is 8.30. The SMILES string of the molecule is CC(C)(C)OC(=O)N1NNN=C1CCl. The standard InChI is InChI=1S/C7H13ClN4O2/c1-7(2,3)14-6(13)12-5(4-8)9-10-11-12/h10-11H,4H2,1-3H3. The lowest BCUT2D eigenvalue weighted by Gasteiger charge is -2.23. The maximum absolute atomic E-state index is 11.5. The van der Waals surface area contributed by atoms with Crippen LogP contribution in [0.3, 0.4) is 0 Å². The summed E-state index contributed by atoms with van der Waals surface area (Å²) in [5, 5.41) is 4.86. The van der Waals surface area contributed by atoms with Crippen molar-refractivity contribution in [2.75, 3.05) is 5.88 Å². The molecule has 0 bridgehead atoms. The van der Waals surface area contributed by atoms with Crippen molar-refractivity contribution in [2.24, 2.45) is 5.10 Å². The monoisotopic (exact) mass is 220 g/mol. The zero-order valence-corrected chi connectivity index (χ0v) is 9.05. The molecule has 1 amide bonds. The minimum atomic E-state index is -0.543. The predicted octanol–water partition coefficient (Wildman–Crippen LogP) is 0.799. The molecule has 7 heteroatoms. The third-order valence-corrected chi connectivity index (χ3v) is 1.54. The molecule has 6 nitrogen and oxygen atoms in total. The molecule has 0 radical (unpaired) electrons. The van der Waals surface area contributed by atoms with Crippen LogP contribution in [-0.4, -0.2) is 28.4 Å². The molecule has 0 aromatic rings. The van der Waals surface area contributed by atoms with Gasteiger partial charge in [-0.25, -0.2) is 10.3 Å². The summed E-state index contributed by atoms with van der Waals surface area (Å²) < 4.78 is 5.10. The molecule has 0 fully saturated rings. The number of hydrazine groups is 2. The second-order valence-corrected chi connectivity index (χ2v) is 3.97. The highest BCUT2D eigenvalue weighted by atomic mass is 35.5. The fourth-order valence-electron chi connectivity index (χ4n) is 0.802. The van der Waals surface area contributed by atoms with Crippen LogP contribution in [0, 0.1) is 0 Å². The van der Waals surface area contributed by atoms with Crippen molar-refractivity contribution in [2.45, 2.75) is 26.4 Å². The van der Waals surface area contributed by atoms with E-state index in [0.717, 1.165) is 5.01 Å². The number of nitrogens with one attached hydrogen (secondary N) is 2. The summed E-state index contributed by atoms with van der Waals surface area (Å²) in [6.07, 6.45) is -0.540. The lowest BCUT2D eigenvalue weighted by Crippen LogP contribution is -2.47. The largest absolute Gasteiger partial charge is 0.442 e. The van der Waals surface area contributed by atoms with Gasteiger partial charge >= 0.3 is 6.09 Å². The third kappa shape index (κ3) is 2.74. The Kier molecular flexibility index (Phi) is 3.17. The molecule has 0 atom stereocenters. The van der Waals surface area contributed by atoms with E-state index < -0.39 is 11.7 Å². The van der Waals surface area contributed by atoms with E-state index in [1.54, 1.807) is 20.8 Å². The lowest BCUT2D eigenvalue weighted by atomic mass is 10.2. The van der Waals surface area contributed by atoms with Gasteiger partial charge in [-0.15, -0.1) is 22.2 Å². The molecule has 0 aliphatic carbocycles.